The molecule has 0 aromatic carbocycles. The lowest BCUT2D eigenvalue weighted by molar-refractivity contribution is 0.235. The molecule has 0 radical (unpaired) electrons. The van der Waals surface area contributed by atoms with E-state index in [0.29, 0.717) is 18.1 Å². The van der Waals surface area contributed by atoms with Crippen LogP contribution in [0.25, 0.3) is 0 Å². The first-order valence-corrected chi connectivity index (χ1v) is 4.63. The molecule has 0 amide bonds. The van der Waals surface area contributed by atoms with Crippen LogP contribution < -0.4 is 5.32 Å². The second-order valence-electron chi connectivity index (χ2n) is 3.05. The summed E-state index contributed by atoms with van der Waals surface area (Å²) < 4.78 is 5.17. The van der Waals surface area contributed by atoms with Crippen molar-refractivity contribution in [3.63, 3.8) is 0 Å². The van der Waals surface area contributed by atoms with Gasteiger partial charge in [0.15, 0.2) is 0 Å². The van der Waals surface area contributed by atoms with Crippen LogP contribution in [0, 0.1) is 11.3 Å². The molecule has 14 heavy (non-hydrogen) atoms. The third kappa shape index (κ3) is 2.87. The summed E-state index contributed by atoms with van der Waals surface area (Å²) in [7, 11) is 0. The van der Waals surface area contributed by atoms with E-state index < -0.39 is 0 Å². The Morgan fingerprint density at radius 2 is 2.43 bits per heavy atom. The van der Waals surface area contributed by atoms with Gasteiger partial charge in [0.05, 0.1) is 13.2 Å². The fraction of sp³-hybridized carbons (Fsp3) is 0.500. The Morgan fingerprint density at radius 3 is 2.93 bits per heavy atom. The van der Waals surface area contributed by atoms with Gasteiger partial charge in [-0.1, -0.05) is 6.92 Å². The molecule has 0 fully saturated rings. The molecular weight excluding hydrogens is 180 g/mol. The molecule has 0 aliphatic carbocycles. The maximum absolute atomic E-state index is 8.91. The van der Waals surface area contributed by atoms with E-state index >= 15 is 0 Å². The molecule has 0 aliphatic rings. The number of hydrogen-bond acceptors (Lipinski definition) is 4. The van der Waals surface area contributed by atoms with Gasteiger partial charge < -0.3 is 14.8 Å². The summed E-state index contributed by atoms with van der Waals surface area (Å²) in [4.78, 5) is 0. The number of nitrogens with one attached hydrogen (secondary N) is 1. The van der Waals surface area contributed by atoms with Gasteiger partial charge in [0.1, 0.15) is 11.8 Å². The molecule has 76 valence electrons. The fourth-order valence-electron chi connectivity index (χ4n) is 1.12. The highest BCUT2D eigenvalue weighted by molar-refractivity contribution is 5.18. The van der Waals surface area contributed by atoms with Crippen LogP contribution in [0.5, 0.6) is 0 Å². The van der Waals surface area contributed by atoms with Crippen molar-refractivity contribution in [2.45, 2.75) is 25.9 Å². The van der Waals surface area contributed by atoms with Crippen LogP contribution in [0.15, 0.2) is 16.5 Å². The third-order valence-electron chi connectivity index (χ3n) is 2.05. The minimum Gasteiger partial charge on any atom is -0.449 e. The molecule has 1 aromatic rings. The van der Waals surface area contributed by atoms with E-state index in [1.54, 1.807) is 12.1 Å². The number of aliphatic hydroxyl groups is 1. The molecule has 0 spiro atoms. The van der Waals surface area contributed by atoms with Gasteiger partial charge in [-0.2, -0.15) is 5.26 Å². The highest BCUT2D eigenvalue weighted by Gasteiger charge is 2.05. The normalized spacial score (nSPS) is 12.4. The van der Waals surface area contributed by atoms with Gasteiger partial charge in [-0.05, 0) is 18.6 Å². The minimum absolute atomic E-state index is 0.0886. The van der Waals surface area contributed by atoms with Crippen LogP contribution in [-0.4, -0.2) is 17.8 Å². The number of nitrogens with zero attached hydrogens (tertiary/aromatic N) is 1. The molecular formula is C10H14N2O2. The molecule has 0 aliphatic heterocycles. The van der Waals surface area contributed by atoms with Crippen LogP contribution in [0.1, 0.15) is 24.9 Å². The lowest BCUT2D eigenvalue weighted by Gasteiger charge is -2.11. The number of nitriles is 1. The average molecular weight is 194 g/mol. The predicted molar refractivity (Wildman–Crippen MR) is 51.4 cm³/mol. The molecule has 1 rings (SSSR count). The molecule has 1 heterocycles. The maximum atomic E-state index is 8.91. The lowest BCUT2D eigenvalue weighted by Crippen LogP contribution is -2.30. The van der Waals surface area contributed by atoms with E-state index in [1.807, 2.05) is 13.0 Å². The zero-order valence-corrected chi connectivity index (χ0v) is 8.16. The van der Waals surface area contributed by atoms with Crippen molar-refractivity contribution < 1.29 is 9.52 Å². The van der Waals surface area contributed by atoms with E-state index in [0.717, 1.165) is 6.42 Å². The van der Waals surface area contributed by atoms with Crippen LogP contribution in [0.3, 0.4) is 0 Å². The summed E-state index contributed by atoms with van der Waals surface area (Å²) in [5.41, 5.74) is 0. The van der Waals surface area contributed by atoms with Gasteiger partial charge in [-0.3, -0.25) is 0 Å². The van der Waals surface area contributed by atoms with Crippen LogP contribution in [0.2, 0.25) is 0 Å². The molecule has 0 saturated heterocycles. The van der Waals surface area contributed by atoms with Gasteiger partial charge in [0.2, 0.25) is 5.76 Å². The second kappa shape index (κ2) is 5.43. The molecule has 4 nitrogen and oxygen atoms in total. The Balaban J connectivity index is 2.41. The van der Waals surface area contributed by atoms with Gasteiger partial charge >= 0.3 is 0 Å². The standard InChI is InChI=1S/C10H14N2O2/c1-2-8(7-13)12-6-10-4-3-9(5-11)14-10/h3-4,8,12-13H,2,6-7H2,1H3. The van der Waals surface area contributed by atoms with Crippen molar-refractivity contribution in [3.8, 4) is 6.07 Å². The predicted octanol–water partition coefficient (Wildman–Crippen LogP) is 1.01. The molecule has 0 bridgehead atoms. The fourth-order valence-corrected chi connectivity index (χ4v) is 1.12. The van der Waals surface area contributed by atoms with Crippen molar-refractivity contribution in [3.05, 3.63) is 23.7 Å². The third-order valence-corrected chi connectivity index (χ3v) is 2.05. The first kappa shape index (κ1) is 10.8. The number of hydrogen-bond donors (Lipinski definition) is 2. The zero-order chi connectivity index (χ0) is 10.4. The zero-order valence-electron chi connectivity index (χ0n) is 8.16. The van der Waals surface area contributed by atoms with Crippen LogP contribution >= 0.6 is 0 Å². The molecule has 1 aromatic heterocycles. The van der Waals surface area contributed by atoms with E-state index in [1.165, 1.54) is 0 Å². The summed E-state index contributed by atoms with van der Waals surface area (Å²) in [6, 6.07) is 5.40. The van der Waals surface area contributed by atoms with Crippen molar-refractivity contribution >= 4 is 0 Å². The highest BCUT2D eigenvalue weighted by atomic mass is 16.3. The van der Waals surface area contributed by atoms with E-state index in [4.69, 9.17) is 14.8 Å². The largest absolute Gasteiger partial charge is 0.449 e. The monoisotopic (exact) mass is 194 g/mol. The van der Waals surface area contributed by atoms with Crippen molar-refractivity contribution in [1.29, 1.82) is 5.26 Å². The van der Waals surface area contributed by atoms with Crippen molar-refractivity contribution in [1.82, 2.24) is 5.32 Å². The lowest BCUT2D eigenvalue weighted by atomic mass is 10.2. The van der Waals surface area contributed by atoms with Crippen LogP contribution in [-0.2, 0) is 6.54 Å². The minimum atomic E-state index is 0.0886. The molecule has 4 heteroatoms. The number of rotatable bonds is 5. The average Bonchev–Trinajstić information content (AvgIpc) is 2.67. The second-order valence-corrected chi connectivity index (χ2v) is 3.05. The Hall–Kier alpha value is -1.31. The van der Waals surface area contributed by atoms with Gasteiger partial charge in [-0.15, -0.1) is 0 Å². The SMILES string of the molecule is CCC(CO)NCc1ccc(C#N)o1. The molecule has 0 saturated carbocycles. The summed E-state index contributed by atoms with van der Waals surface area (Å²) in [5.74, 6) is 1.03. The molecule has 2 N–H and O–H groups in total. The summed E-state index contributed by atoms with van der Waals surface area (Å²) in [5, 5.41) is 20.5. The number of furan rings is 1. The van der Waals surface area contributed by atoms with Gasteiger partial charge in [0, 0.05) is 6.04 Å². The topological polar surface area (TPSA) is 69.2 Å². The van der Waals surface area contributed by atoms with Crippen molar-refractivity contribution in [2.75, 3.05) is 6.61 Å². The Kier molecular flexibility index (Phi) is 4.17. The van der Waals surface area contributed by atoms with Crippen LogP contribution in [0.4, 0.5) is 0 Å². The smallest absolute Gasteiger partial charge is 0.203 e. The maximum Gasteiger partial charge on any atom is 0.203 e. The van der Waals surface area contributed by atoms with E-state index in [-0.39, 0.29) is 12.6 Å². The Bertz CT molecular complexity index is 310. The van der Waals surface area contributed by atoms with Gasteiger partial charge in [0.25, 0.3) is 0 Å². The Morgan fingerprint density at radius 1 is 1.64 bits per heavy atom. The Labute approximate surface area is 83.2 Å². The summed E-state index contributed by atoms with van der Waals surface area (Å²) >= 11 is 0. The molecule has 1 unspecified atom stereocenters. The van der Waals surface area contributed by atoms with Gasteiger partial charge in [-0.25, -0.2) is 0 Å². The first-order valence-electron chi connectivity index (χ1n) is 4.63. The van der Waals surface area contributed by atoms with Crippen molar-refractivity contribution in [2.24, 2.45) is 0 Å². The quantitative estimate of drug-likeness (QED) is 0.734. The summed E-state index contributed by atoms with van der Waals surface area (Å²) in [6.07, 6.45) is 0.863. The van der Waals surface area contributed by atoms with E-state index in [2.05, 4.69) is 5.32 Å². The highest BCUT2D eigenvalue weighted by Crippen LogP contribution is 2.06. The summed E-state index contributed by atoms with van der Waals surface area (Å²) in [6.45, 7) is 2.65. The molecule has 1 atom stereocenters. The first-order chi connectivity index (χ1) is 6.80. The number of aliphatic hydroxyl groups excluding tert-OH is 1. The van der Waals surface area contributed by atoms with E-state index in [9.17, 15) is 0 Å².